The van der Waals surface area contributed by atoms with Gasteiger partial charge in [-0.25, -0.2) is 0 Å². The first kappa shape index (κ1) is 18.2. The molecule has 0 bridgehead atoms. The Morgan fingerprint density at radius 1 is 1.07 bits per heavy atom. The molecule has 0 saturated heterocycles. The summed E-state index contributed by atoms with van der Waals surface area (Å²) in [5, 5.41) is 11.4. The number of nitrogens with zero attached hydrogens (tertiary/aromatic N) is 1. The summed E-state index contributed by atoms with van der Waals surface area (Å²) in [5.41, 5.74) is 1.66. The number of hydrogen-bond acceptors (Lipinski definition) is 7. The number of carboxylic acids is 1. The van der Waals surface area contributed by atoms with Crippen LogP contribution in [0.25, 0.3) is 0 Å². The van der Waals surface area contributed by atoms with Gasteiger partial charge in [0.2, 0.25) is 0 Å². The molecule has 8 heteroatoms. The zero-order valence-electron chi connectivity index (χ0n) is 14.9. The number of carboxylic acid groups (broad SMARTS) is 1. The molecule has 0 N–H and O–H groups in total. The molecule has 0 fully saturated rings. The van der Waals surface area contributed by atoms with Gasteiger partial charge in [-0.2, -0.15) is 0 Å². The smallest absolute Gasteiger partial charge is 0.316 e. The number of thiazole rings is 1. The number of carbonyl (C=O) groups is 2. The van der Waals surface area contributed by atoms with Crippen LogP contribution in [0.1, 0.15) is 21.9 Å². The lowest BCUT2D eigenvalue weighted by Crippen LogP contribution is -2.48. The molecule has 2 aliphatic rings. The minimum atomic E-state index is -1.34. The largest absolute Gasteiger partial charge is 0.549 e. The van der Waals surface area contributed by atoms with Gasteiger partial charge in [-0.1, -0.05) is 71.6 Å². The second kappa shape index (κ2) is 6.89. The number of esters is 1. The van der Waals surface area contributed by atoms with Crippen molar-refractivity contribution in [2.45, 2.75) is 22.7 Å². The lowest BCUT2D eigenvalue weighted by atomic mass is 9.80. The van der Waals surface area contributed by atoms with E-state index in [2.05, 4.69) is 0 Å². The molecule has 146 valence electrons. The Labute approximate surface area is 173 Å². The number of carbonyl (C=O) groups excluding carboxylic acids is 2. The van der Waals surface area contributed by atoms with Crippen molar-refractivity contribution in [2.24, 2.45) is 5.92 Å². The molecule has 3 atom stereocenters. The van der Waals surface area contributed by atoms with Crippen LogP contribution in [0.5, 0.6) is 5.75 Å². The van der Waals surface area contributed by atoms with Crippen molar-refractivity contribution in [3.8, 4) is 5.75 Å². The molecule has 0 spiro atoms. The highest BCUT2D eigenvalue weighted by Gasteiger charge is 2.50. The van der Waals surface area contributed by atoms with Crippen molar-refractivity contribution in [3.05, 3.63) is 80.3 Å². The summed E-state index contributed by atoms with van der Waals surface area (Å²) in [5.74, 6) is -3.01. The third-order valence-corrected chi connectivity index (χ3v) is 7.83. The van der Waals surface area contributed by atoms with E-state index in [4.69, 9.17) is 4.74 Å². The highest BCUT2D eigenvalue weighted by Crippen LogP contribution is 2.53. The number of fused-ring (bicyclic) bond motifs is 5. The maximum absolute atomic E-state index is 12.8. The molecular weight excluding hydrogens is 410 g/mol. The van der Waals surface area contributed by atoms with E-state index in [1.54, 1.807) is 16.7 Å². The lowest BCUT2D eigenvalue weighted by Gasteiger charge is -2.39. The standard InChI is InChI=1S/C21H15NO5S2/c23-19(24)17-15-14(12-8-4-5-9-13(12)27-20(15)25)16-18(28-17)22(21(26)29-16)10-11-6-2-1-3-7-11/h1-9,14-15,17H,10H2,(H,23,24)/p-1. The van der Waals surface area contributed by atoms with Crippen molar-refractivity contribution in [1.82, 2.24) is 4.57 Å². The lowest BCUT2D eigenvalue weighted by molar-refractivity contribution is -0.306. The quantitative estimate of drug-likeness (QED) is 0.471. The summed E-state index contributed by atoms with van der Waals surface area (Å²) in [7, 11) is 0. The van der Waals surface area contributed by atoms with Gasteiger partial charge in [-0.05, 0) is 11.6 Å². The van der Waals surface area contributed by atoms with Crippen LogP contribution < -0.4 is 14.7 Å². The Morgan fingerprint density at radius 3 is 2.55 bits per heavy atom. The van der Waals surface area contributed by atoms with Gasteiger partial charge in [-0.3, -0.25) is 14.2 Å². The first-order chi connectivity index (χ1) is 14.0. The second-order valence-corrected chi connectivity index (χ2v) is 9.05. The monoisotopic (exact) mass is 424 g/mol. The van der Waals surface area contributed by atoms with E-state index in [0.717, 1.165) is 34.2 Å². The van der Waals surface area contributed by atoms with Gasteiger partial charge in [0.05, 0.1) is 28.7 Å². The molecule has 3 aromatic rings. The summed E-state index contributed by atoms with van der Waals surface area (Å²) >= 11 is 2.07. The van der Waals surface area contributed by atoms with E-state index in [9.17, 15) is 19.5 Å². The topological polar surface area (TPSA) is 88.4 Å². The van der Waals surface area contributed by atoms with Gasteiger partial charge >= 0.3 is 10.8 Å². The molecule has 2 aliphatic heterocycles. The zero-order chi connectivity index (χ0) is 20.1. The Balaban J connectivity index is 1.70. The van der Waals surface area contributed by atoms with Gasteiger partial charge in [0, 0.05) is 16.4 Å². The number of aliphatic carboxylic acids is 1. The first-order valence-electron chi connectivity index (χ1n) is 9.00. The van der Waals surface area contributed by atoms with Gasteiger partial charge in [0.1, 0.15) is 5.75 Å². The highest BCUT2D eigenvalue weighted by molar-refractivity contribution is 8.00. The van der Waals surface area contributed by atoms with Crippen LogP contribution in [0.3, 0.4) is 0 Å². The number of aromatic nitrogens is 1. The molecule has 3 unspecified atom stereocenters. The van der Waals surface area contributed by atoms with Gasteiger partial charge in [-0.15, -0.1) is 0 Å². The maximum Gasteiger partial charge on any atom is 0.316 e. The molecule has 3 heterocycles. The average molecular weight is 424 g/mol. The normalized spacial score (nSPS) is 22.2. The second-order valence-electron chi connectivity index (χ2n) is 6.93. The van der Waals surface area contributed by atoms with Crippen molar-refractivity contribution < 1.29 is 19.4 Å². The van der Waals surface area contributed by atoms with Crippen LogP contribution >= 0.6 is 23.1 Å². The first-order valence-corrected chi connectivity index (χ1v) is 10.7. The fourth-order valence-corrected chi connectivity index (χ4v) is 6.61. The molecule has 5 rings (SSSR count). The summed E-state index contributed by atoms with van der Waals surface area (Å²) in [6, 6.07) is 16.6. The van der Waals surface area contributed by atoms with Crippen molar-refractivity contribution in [3.63, 3.8) is 0 Å². The fraction of sp³-hybridized carbons (Fsp3) is 0.190. The van der Waals surface area contributed by atoms with Gasteiger partial charge in [0.25, 0.3) is 0 Å². The number of hydrogen-bond donors (Lipinski definition) is 0. The van der Waals surface area contributed by atoms with Crippen molar-refractivity contribution in [2.75, 3.05) is 0 Å². The van der Waals surface area contributed by atoms with E-state index < -0.39 is 29.0 Å². The summed E-state index contributed by atoms with van der Waals surface area (Å²) < 4.78 is 7.00. The molecule has 0 amide bonds. The number of rotatable bonds is 3. The number of benzene rings is 2. The molecule has 0 saturated carbocycles. The number of thioether (sulfide) groups is 1. The number of ether oxygens (including phenoxy) is 1. The molecule has 0 aliphatic carbocycles. The average Bonchev–Trinajstić information content (AvgIpc) is 3.03. The SMILES string of the molecule is O=C([O-])C1Sc2c(sc(=O)n2Cc2ccccc2)C2c3ccccc3OC(=O)C12. The Hall–Kier alpha value is -2.84. The third kappa shape index (κ3) is 2.90. The van der Waals surface area contributed by atoms with Gasteiger partial charge < -0.3 is 14.6 Å². The number of para-hydroxylation sites is 1. The Morgan fingerprint density at radius 2 is 1.79 bits per heavy atom. The summed E-state index contributed by atoms with van der Waals surface area (Å²) in [4.78, 5) is 38.0. The minimum absolute atomic E-state index is 0.180. The minimum Gasteiger partial charge on any atom is -0.549 e. The zero-order valence-corrected chi connectivity index (χ0v) is 16.6. The molecule has 1 aromatic heterocycles. The summed E-state index contributed by atoms with van der Waals surface area (Å²) in [6.07, 6.45) is 0. The van der Waals surface area contributed by atoms with Crippen molar-refractivity contribution in [1.29, 1.82) is 0 Å². The predicted octanol–water partition coefficient (Wildman–Crippen LogP) is 1.85. The van der Waals surface area contributed by atoms with E-state index in [1.807, 2.05) is 42.5 Å². The van der Waals surface area contributed by atoms with E-state index in [-0.39, 0.29) is 4.87 Å². The highest BCUT2D eigenvalue weighted by atomic mass is 32.2. The van der Waals surface area contributed by atoms with Crippen LogP contribution in [-0.2, 0) is 16.1 Å². The maximum atomic E-state index is 12.8. The predicted molar refractivity (Wildman–Crippen MR) is 106 cm³/mol. The Kier molecular flexibility index (Phi) is 4.33. The molecule has 0 radical (unpaired) electrons. The molecule has 6 nitrogen and oxygen atoms in total. The Bertz CT molecular complexity index is 1180. The van der Waals surface area contributed by atoms with Crippen LogP contribution in [0, 0.1) is 5.92 Å². The van der Waals surface area contributed by atoms with Gasteiger partial charge in [0.15, 0.2) is 0 Å². The van der Waals surface area contributed by atoms with E-state index in [1.165, 1.54) is 0 Å². The van der Waals surface area contributed by atoms with Crippen LogP contribution in [0.15, 0.2) is 64.4 Å². The van der Waals surface area contributed by atoms with E-state index in [0.29, 0.717) is 22.2 Å². The van der Waals surface area contributed by atoms with Crippen LogP contribution in [0.4, 0.5) is 0 Å². The molecule has 29 heavy (non-hydrogen) atoms. The summed E-state index contributed by atoms with van der Waals surface area (Å²) in [6.45, 7) is 0.335. The fourth-order valence-electron chi connectivity index (χ4n) is 3.96. The molecular formula is C21H14NO5S2-. The van der Waals surface area contributed by atoms with Crippen LogP contribution in [-0.4, -0.2) is 21.8 Å². The molecule has 2 aromatic carbocycles. The van der Waals surface area contributed by atoms with E-state index >= 15 is 0 Å². The van der Waals surface area contributed by atoms with Crippen molar-refractivity contribution >= 4 is 35.0 Å². The van der Waals surface area contributed by atoms with Crippen LogP contribution in [0.2, 0.25) is 0 Å². The third-order valence-electron chi connectivity index (χ3n) is 5.23.